The molecule has 2 aromatic carbocycles. The van der Waals surface area contributed by atoms with Crippen molar-refractivity contribution in [3.05, 3.63) is 90.6 Å². The molecule has 2 amide bonds. The van der Waals surface area contributed by atoms with E-state index in [2.05, 4.69) is 30.6 Å². The molecule has 3 aromatic heterocycles. The van der Waals surface area contributed by atoms with Gasteiger partial charge in [0, 0.05) is 23.6 Å². The lowest BCUT2D eigenvalue weighted by atomic mass is 10.1. The fourth-order valence-electron chi connectivity index (χ4n) is 3.97. The Bertz CT molecular complexity index is 1540. The van der Waals surface area contributed by atoms with Crippen LogP contribution in [0.5, 0.6) is 0 Å². The zero-order chi connectivity index (χ0) is 25.8. The van der Waals surface area contributed by atoms with Crippen LogP contribution in [0.2, 0.25) is 0 Å². The third-order valence-electron chi connectivity index (χ3n) is 5.78. The van der Waals surface area contributed by atoms with E-state index in [1.165, 1.54) is 0 Å². The highest BCUT2D eigenvalue weighted by molar-refractivity contribution is 5.96. The van der Waals surface area contributed by atoms with Crippen LogP contribution in [0, 0.1) is 0 Å². The van der Waals surface area contributed by atoms with Crippen molar-refractivity contribution in [2.45, 2.75) is 19.9 Å². The molecule has 0 aliphatic heterocycles. The van der Waals surface area contributed by atoms with Crippen LogP contribution in [0.15, 0.2) is 79.4 Å². The molecule has 3 heterocycles. The predicted octanol–water partition coefficient (Wildman–Crippen LogP) is 4.87. The van der Waals surface area contributed by atoms with Crippen LogP contribution in [-0.2, 0) is 4.74 Å². The molecule has 0 aliphatic carbocycles. The average Bonchev–Trinajstić information content (AvgIpc) is 3.56. The fourth-order valence-corrected chi connectivity index (χ4v) is 3.97. The molecule has 0 spiro atoms. The lowest BCUT2D eigenvalue weighted by molar-refractivity contribution is 0.0935. The second-order valence-corrected chi connectivity index (χ2v) is 8.31. The van der Waals surface area contributed by atoms with Gasteiger partial charge in [0.1, 0.15) is 12.0 Å². The SMILES string of the molecule is CCOC(=O)Nc1nc2cc(-n3cnc(C(=O)N[C@@H](C)c4ccccc4)c3)cc(-c3ccccn3)c2[nH]1. The van der Waals surface area contributed by atoms with Gasteiger partial charge in [0.05, 0.1) is 29.4 Å². The number of amides is 2. The number of carbonyl (C=O) groups excluding carboxylic acids is 2. The minimum absolute atomic E-state index is 0.166. The zero-order valence-electron chi connectivity index (χ0n) is 20.3. The van der Waals surface area contributed by atoms with Gasteiger partial charge in [-0.3, -0.25) is 15.1 Å². The molecule has 0 radical (unpaired) electrons. The summed E-state index contributed by atoms with van der Waals surface area (Å²) < 4.78 is 6.71. The first-order chi connectivity index (χ1) is 18.0. The molecule has 5 rings (SSSR count). The van der Waals surface area contributed by atoms with Crippen molar-refractivity contribution in [2.75, 3.05) is 11.9 Å². The number of pyridine rings is 1. The topological polar surface area (TPSA) is 127 Å². The van der Waals surface area contributed by atoms with Gasteiger partial charge < -0.3 is 19.6 Å². The molecule has 0 aliphatic rings. The third kappa shape index (κ3) is 5.18. The number of H-pyrrole nitrogens is 1. The van der Waals surface area contributed by atoms with E-state index in [-0.39, 0.29) is 30.2 Å². The van der Waals surface area contributed by atoms with E-state index in [1.54, 1.807) is 30.2 Å². The monoisotopic (exact) mass is 495 g/mol. The Morgan fingerprint density at radius 2 is 1.89 bits per heavy atom. The number of ether oxygens (including phenoxy) is 1. The van der Waals surface area contributed by atoms with Crippen molar-refractivity contribution < 1.29 is 14.3 Å². The molecule has 37 heavy (non-hydrogen) atoms. The Morgan fingerprint density at radius 1 is 1.08 bits per heavy atom. The lowest BCUT2D eigenvalue weighted by Gasteiger charge is -2.13. The summed E-state index contributed by atoms with van der Waals surface area (Å²) in [4.78, 5) is 41.2. The van der Waals surface area contributed by atoms with Gasteiger partial charge in [-0.2, -0.15) is 0 Å². The molecule has 0 saturated heterocycles. The number of fused-ring (bicyclic) bond motifs is 1. The molecule has 3 N–H and O–H groups in total. The van der Waals surface area contributed by atoms with E-state index >= 15 is 0 Å². The largest absolute Gasteiger partial charge is 0.450 e. The summed E-state index contributed by atoms with van der Waals surface area (Å²) in [6.07, 6.45) is 4.35. The van der Waals surface area contributed by atoms with Crippen molar-refractivity contribution >= 4 is 29.0 Å². The first-order valence-electron chi connectivity index (χ1n) is 11.8. The molecular formula is C27H25N7O3. The number of imidazole rings is 2. The van der Waals surface area contributed by atoms with Crippen molar-refractivity contribution in [3.63, 3.8) is 0 Å². The number of nitrogens with zero attached hydrogens (tertiary/aromatic N) is 4. The molecule has 10 heteroatoms. The number of hydrogen-bond acceptors (Lipinski definition) is 6. The van der Waals surface area contributed by atoms with Crippen molar-refractivity contribution in [1.82, 2.24) is 29.8 Å². The summed E-state index contributed by atoms with van der Waals surface area (Å²) in [6.45, 7) is 3.90. The van der Waals surface area contributed by atoms with Gasteiger partial charge in [-0.1, -0.05) is 36.4 Å². The summed E-state index contributed by atoms with van der Waals surface area (Å²) in [5.41, 5.74) is 4.81. The number of carbonyl (C=O) groups is 2. The highest BCUT2D eigenvalue weighted by Crippen LogP contribution is 2.30. The average molecular weight is 496 g/mol. The van der Waals surface area contributed by atoms with Gasteiger partial charge in [-0.05, 0) is 43.7 Å². The molecule has 0 bridgehead atoms. The Hall–Kier alpha value is -4.99. The quantitative estimate of drug-likeness (QED) is 0.296. The van der Waals surface area contributed by atoms with Gasteiger partial charge in [0.15, 0.2) is 0 Å². The van der Waals surface area contributed by atoms with E-state index in [1.807, 2.05) is 67.6 Å². The van der Waals surface area contributed by atoms with Crippen LogP contribution in [-0.4, -0.2) is 43.1 Å². The summed E-state index contributed by atoms with van der Waals surface area (Å²) in [6, 6.07) is 18.9. The van der Waals surface area contributed by atoms with E-state index in [0.717, 1.165) is 22.5 Å². The number of hydrogen-bond donors (Lipinski definition) is 3. The normalized spacial score (nSPS) is 11.7. The molecule has 0 saturated carbocycles. The van der Waals surface area contributed by atoms with Gasteiger partial charge in [-0.25, -0.2) is 14.8 Å². The lowest BCUT2D eigenvalue weighted by Crippen LogP contribution is -2.26. The second-order valence-electron chi connectivity index (χ2n) is 8.31. The van der Waals surface area contributed by atoms with Crippen LogP contribution in [0.25, 0.3) is 28.0 Å². The standard InChI is InChI=1S/C27H25N7O3/c1-3-37-27(36)33-26-31-22-14-19(13-20(24(22)32-26)21-11-7-8-12-28-21)34-15-23(29-16-34)25(35)30-17(2)18-9-5-4-6-10-18/h4-17H,3H2,1-2H3,(H,30,35)(H2,31,32,33,36)/t17-/m0/s1. The minimum atomic E-state index is -0.601. The maximum Gasteiger partial charge on any atom is 0.413 e. The number of nitrogens with one attached hydrogen (secondary N) is 3. The van der Waals surface area contributed by atoms with Gasteiger partial charge in [-0.15, -0.1) is 0 Å². The van der Waals surface area contributed by atoms with E-state index < -0.39 is 6.09 Å². The Balaban J connectivity index is 1.47. The number of aromatic amines is 1. The van der Waals surface area contributed by atoms with E-state index in [9.17, 15) is 9.59 Å². The first-order valence-corrected chi connectivity index (χ1v) is 11.8. The van der Waals surface area contributed by atoms with Gasteiger partial charge in [0.25, 0.3) is 5.91 Å². The molecule has 1 atom stereocenters. The number of aromatic nitrogens is 5. The third-order valence-corrected chi connectivity index (χ3v) is 5.78. The molecule has 10 nitrogen and oxygen atoms in total. The van der Waals surface area contributed by atoms with Crippen molar-refractivity contribution in [3.8, 4) is 16.9 Å². The molecule has 0 fully saturated rings. The zero-order valence-corrected chi connectivity index (χ0v) is 20.3. The summed E-state index contributed by atoms with van der Waals surface area (Å²) in [7, 11) is 0. The second kappa shape index (κ2) is 10.3. The fraction of sp³-hybridized carbons (Fsp3) is 0.148. The summed E-state index contributed by atoms with van der Waals surface area (Å²) >= 11 is 0. The summed E-state index contributed by atoms with van der Waals surface area (Å²) in [5.74, 6) is -0.0230. The predicted molar refractivity (Wildman–Crippen MR) is 139 cm³/mol. The van der Waals surface area contributed by atoms with Crippen LogP contribution < -0.4 is 10.6 Å². The highest BCUT2D eigenvalue weighted by atomic mass is 16.5. The molecular weight excluding hydrogens is 470 g/mol. The number of rotatable bonds is 7. The molecule has 186 valence electrons. The number of benzene rings is 2. The first kappa shape index (κ1) is 23.7. The van der Waals surface area contributed by atoms with Crippen LogP contribution >= 0.6 is 0 Å². The summed E-state index contributed by atoms with van der Waals surface area (Å²) in [5, 5.41) is 5.58. The van der Waals surface area contributed by atoms with Crippen LogP contribution in [0.4, 0.5) is 10.7 Å². The Morgan fingerprint density at radius 3 is 2.65 bits per heavy atom. The van der Waals surface area contributed by atoms with E-state index in [4.69, 9.17) is 4.74 Å². The molecule has 0 unspecified atom stereocenters. The van der Waals surface area contributed by atoms with Gasteiger partial charge >= 0.3 is 6.09 Å². The highest BCUT2D eigenvalue weighted by Gasteiger charge is 2.17. The van der Waals surface area contributed by atoms with Crippen LogP contribution in [0.3, 0.4) is 0 Å². The number of anilines is 1. The Kier molecular flexibility index (Phi) is 6.62. The molecule has 5 aromatic rings. The maximum atomic E-state index is 12.9. The maximum absolute atomic E-state index is 12.9. The van der Waals surface area contributed by atoms with E-state index in [0.29, 0.717) is 11.0 Å². The van der Waals surface area contributed by atoms with Gasteiger partial charge in [0.2, 0.25) is 5.95 Å². The van der Waals surface area contributed by atoms with Crippen LogP contribution in [0.1, 0.15) is 35.9 Å². The smallest absolute Gasteiger partial charge is 0.413 e. The van der Waals surface area contributed by atoms with Crippen molar-refractivity contribution in [2.24, 2.45) is 0 Å². The Labute approximate surface area is 212 Å². The van der Waals surface area contributed by atoms with Crippen molar-refractivity contribution in [1.29, 1.82) is 0 Å². The minimum Gasteiger partial charge on any atom is -0.450 e.